The molecule has 0 unspecified atom stereocenters. The average Bonchev–Trinajstić information content (AvgIpc) is 3.17. The highest BCUT2D eigenvalue weighted by atomic mass is 19.1. The number of hydrogen-bond donors (Lipinski definition) is 0. The van der Waals surface area contributed by atoms with Crippen LogP contribution >= 0.6 is 0 Å². The quantitative estimate of drug-likeness (QED) is 0.802. The van der Waals surface area contributed by atoms with Crippen molar-refractivity contribution in [3.8, 4) is 5.75 Å². The molecule has 2 aliphatic heterocycles. The molecule has 0 radical (unpaired) electrons. The molecule has 4 nitrogen and oxygen atoms in total. The Morgan fingerprint density at radius 2 is 1.86 bits per heavy atom. The van der Waals surface area contributed by atoms with Crippen LogP contribution in [-0.2, 0) is 0 Å². The third kappa shape index (κ3) is 3.63. The minimum Gasteiger partial charge on any atom is -0.491 e. The Hall–Kier alpha value is -2.40. The van der Waals surface area contributed by atoms with Crippen molar-refractivity contribution in [2.24, 2.45) is 11.8 Å². The van der Waals surface area contributed by atoms with E-state index in [-0.39, 0.29) is 23.9 Å². The number of hydrogen-bond acceptors (Lipinski definition) is 3. The molecule has 0 spiro atoms. The van der Waals surface area contributed by atoms with Gasteiger partial charge in [0.25, 0.3) is 5.91 Å². The van der Waals surface area contributed by atoms with Gasteiger partial charge in [-0.15, -0.1) is 0 Å². The summed E-state index contributed by atoms with van der Waals surface area (Å²) in [6, 6.07) is 14.4. The van der Waals surface area contributed by atoms with E-state index >= 15 is 0 Å². The van der Waals surface area contributed by atoms with Gasteiger partial charge < -0.3 is 9.64 Å². The molecule has 0 saturated carbocycles. The fourth-order valence-electron chi connectivity index (χ4n) is 4.75. The van der Waals surface area contributed by atoms with Crippen molar-refractivity contribution in [1.29, 1.82) is 0 Å². The van der Waals surface area contributed by atoms with Crippen LogP contribution in [0.3, 0.4) is 0 Å². The van der Waals surface area contributed by atoms with Gasteiger partial charge in [0, 0.05) is 37.2 Å². The molecule has 3 atom stereocenters. The summed E-state index contributed by atoms with van der Waals surface area (Å²) in [7, 11) is 2.09. The van der Waals surface area contributed by atoms with Gasteiger partial charge in [-0.25, -0.2) is 4.39 Å². The molecule has 2 saturated heterocycles. The summed E-state index contributed by atoms with van der Waals surface area (Å²) in [5.74, 6) is 1.39. The number of ether oxygens (including phenoxy) is 1. The first-order valence-electron chi connectivity index (χ1n) is 9.94. The van der Waals surface area contributed by atoms with Crippen LogP contribution in [-0.4, -0.2) is 48.5 Å². The first-order chi connectivity index (χ1) is 13.4. The Morgan fingerprint density at radius 3 is 2.54 bits per heavy atom. The number of carbonyl (C=O) groups is 1. The Labute approximate surface area is 165 Å². The number of likely N-dealkylation sites (tertiary alicyclic amines) is 2. The number of halogens is 1. The average molecular weight is 382 g/mol. The number of rotatable bonds is 4. The minimum absolute atomic E-state index is 0.0612. The molecule has 4 rings (SSSR count). The van der Waals surface area contributed by atoms with Gasteiger partial charge in [0.05, 0.1) is 6.10 Å². The van der Waals surface area contributed by atoms with Gasteiger partial charge >= 0.3 is 0 Å². The van der Waals surface area contributed by atoms with Crippen LogP contribution in [0.25, 0.3) is 0 Å². The molecule has 1 amide bonds. The number of carbonyl (C=O) groups excluding carboxylic acids is 1. The lowest BCUT2D eigenvalue weighted by atomic mass is 9.89. The zero-order valence-corrected chi connectivity index (χ0v) is 16.6. The highest BCUT2D eigenvalue weighted by molar-refractivity contribution is 5.94. The molecule has 2 aromatic carbocycles. The second-order valence-corrected chi connectivity index (χ2v) is 8.26. The van der Waals surface area contributed by atoms with Crippen LogP contribution in [0.4, 0.5) is 4.39 Å². The molecule has 0 bridgehead atoms. The van der Waals surface area contributed by atoms with Crippen molar-refractivity contribution in [3.05, 3.63) is 65.5 Å². The van der Waals surface area contributed by atoms with Crippen molar-refractivity contribution in [2.45, 2.75) is 26.0 Å². The summed E-state index contributed by atoms with van der Waals surface area (Å²) < 4.78 is 19.4. The molecule has 2 aliphatic rings. The fourth-order valence-corrected chi connectivity index (χ4v) is 4.75. The van der Waals surface area contributed by atoms with Gasteiger partial charge in [0.15, 0.2) is 0 Å². The third-order valence-electron chi connectivity index (χ3n) is 5.84. The normalized spacial score (nSPS) is 24.6. The largest absolute Gasteiger partial charge is 0.491 e. The highest BCUT2D eigenvalue weighted by Crippen LogP contribution is 2.44. The predicted molar refractivity (Wildman–Crippen MR) is 107 cm³/mol. The maximum absolute atomic E-state index is 13.7. The van der Waals surface area contributed by atoms with Gasteiger partial charge in [-0.3, -0.25) is 9.69 Å². The Morgan fingerprint density at radius 1 is 1.11 bits per heavy atom. The second-order valence-electron chi connectivity index (χ2n) is 8.26. The zero-order chi connectivity index (χ0) is 19.8. The highest BCUT2D eigenvalue weighted by Gasteiger charge is 2.47. The fraction of sp³-hybridized carbons (Fsp3) is 0.435. The van der Waals surface area contributed by atoms with E-state index in [0.29, 0.717) is 23.9 Å². The van der Waals surface area contributed by atoms with Crippen LogP contribution in [0.5, 0.6) is 5.75 Å². The van der Waals surface area contributed by atoms with E-state index in [1.54, 1.807) is 12.1 Å². The maximum atomic E-state index is 13.7. The number of benzene rings is 2. The monoisotopic (exact) mass is 382 g/mol. The van der Waals surface area contributed by atoms with E-state index in [1.807, 2.05) is 49.1 Å². The van der Waals surface area contributed by atoms with Gasteiger partial charge in [-0.05, 0) is 68.8 Å². The van der Waals surface area contributed by atoms with E-state index in [4.69, 9.17) is 4.74 Å². The zero-order valence-electron chi connectivity index (χ0n) is 16.6. The molecule has 0 aromatic heterocycles. The summed E-state index contributed by atoms with van der Waals surface area (Å²) in [6.07, 6.45) is 0.108. The van der Waals surface area contributed by atoms with Crippen molar-refractivity contribution in [3.63, 3.8) is 0 Å². The molecule has 148 valence electrons. The maximum Gasteiger partial charge on any atom is 0.253 e. The molecule has 28 heavy (non-hydrogen) atoms. The number of amides is 1. The van der Waals surface area contributed by atoms with E-state index in [1.165, 1.54) is 6.07 Å². The van der Waals surface area contributed by atoms with E-state index in [9.17, 15) is 9.18 Å². The molecule has 2 heterocycles. The SMILES string of the molecule is CC(C)Oc1ccc(C(=O)N2C[C@@H]3CN(C)[C@@H](c4cccc(F)c4)[C@@H]3C2)cc1. The van der Waals surface area contributed by atoms with Crippen molar-refractivity contribution in [2.75, 3.05) is 26.7 Å². The smallest absolute Gasteiger partial charge is 0.253 e. The lowest BCUT2D eigenvalue weighted by Gasteiger charge is -2.27. The lowest BCUT2D eigenvalue weighted by molar-refractivity contribution is 0.0767. The summed E-state index contributed by atoms with van der Waals surface area (Å²) in [5.41, 5.74) is 1.69. The van der Waals surface area contributed by atoms with Gasteiger partial charge in [-0.2, -0.15) is 0 Å². The molecule has 5 heteroatoms. The molecule has 0 N–H and O–H groups in total. The van der Waals surface area contributed by atoms with Gasteiger partial charge in [0.1, 0.15) is 11.6 Å². The molecule has 2 aromatic rings. The van der Waals surface area contributed by atoms with Crippen molar-refractivity contribution < 1.29 is 13.9 Å². The Kier molecular flexibility index (Phi) is 5.11. The number of fused-ring (bicyclic) bond motifs is 1. The first kappa shape index (κ1) is 18.9. The topological polar surface area (TPSA) is 32.8 Å². The lowest BCUT2D eigenvalue weighted by Crippen LogP contribution is -2.33. The van der Waals surface area contributed by atoms with Crippen LogP contribution in [0, 0.1) is 17.7 Å². The Balaban J connectivity index is 1.48. The molecular formula is C23H27FN2O2. The van der Waals surface area contributed by atoms with Gasteiger partial charge in [0.2, 0.25) is 0 Å². The third-order valence-corrected chi connectivity index (χ3v) is 5.84. The second kappa shape index (κ2) is 7.55. The predicted octanol–water partition coefficient (Wildman–Crippen LogP) is 3.99. The summed E-state index contributed by atoms with van der Waals surface area (Å²) in [5, 5.41) is 0. The van der Waals surface area contributed by atoms with Gasteiger partial charge in [-0.1, -0.05) is 12.1 Å². The van der Waals surface area contributed by atoms with Crippen LogP contribution in [0.15, 0.2) is 48.5 Å². The van der Waals surface area contributed by atoms with Crippen LogP contribution in [0.1, 0.15) is 35.8 Å². The Bertz CT molecular complexity index is 852. The van der Waals surface area contributed by atoms with Crippen molar-refractivity contribution in [1.82, 2.24) is 9.80 Å². The first-order valence-corrected chi connectivity index (χ1v) is 9.94. The summed E-state index contributed by atoms with van der Waals surface area (Å²) in [4.78, 5) is 17.2. The van der Waals surface area contributed by atoms with Crippen LogP contribution < -0.4 is 4.74 Å². The minimum atomic E-state index is -0.205. The summed E-state index contributed by atoms with van der Waals surface area (Å²) in [6.45, 7) is 6.35. The van der Waals surface area contributed by atoms with E-state index < -0.39 is 0 Å². The van der Waals surface area contributed by atoms with E-state index in [2.05, 4.69) is 11.9 Å². The van der Waals surface area contributed by atoms with E-state index in [0.717, 1.165) is 24.4 Å². The van der Waals surface area contributed by atoms with Crippen LogP contribution in [0.2, 0.25) is 0 Å². The standard InChI is InChI=1S/C23H27FN2O2/c1-15(2)28-20-9-7-16(8-10-20)23(27)26-13-18-12-25(3)22(21(18)14-26)17-5-4-6-19(24)11-17/h4-11,15,18,21-22H,12-14H2,1-3H3/t18-,21+,22-/m0/s1. The number of nitrogens with zero attached hydrogens (tertiary/aromatic N) is 2. The summed E-state index contributed by atoms with van der Waals surface area (Å²) >= 11 is 0. The molecular weight excluding hydrogens is 355 g/mol. The van der Waals surface area contributed by atoms with Crippen molar-refractivity contribution >= 4 is 5.91 Å². The molecule has 2 fully saturated rings. The molecule has 0 aliphatic carbocycles.